The van der Waals surface area contributed by atoms with Crippen LogP contribution in [0.1, 0.15) is 29.7 Å². The SMILES string of the molecule is C[C@@H](Nc1ncnc2ccc(C#Cc3cc(F)cc(F)c3)cc12)c1cccc2ccccc12. The average molecular weight is 435 g/mol. The smallest absolute Gasteiger partial charge is 0.137 e. The standard InChI is InChI=1S/C28H19F2N3/c1-18(24-8-4-6-21-5-2-3-7-25(21)24)33-28-26-15-19(11-12-27(26)31-17-32-28)9-10-20-13-22(29)16-23(30)14-20/h2-8,11-18H,1H3,(H,31,32,33)/t18-/m1/s1. The summed E-state index contributed by atoms with van der Waals surface area (Å²) in [7, 11) is 0. The Morgan fingerprint density at radius 2 is 1.52 bits per heavy atom. The molecule has 0 saturated heterocycles. The number of hydrogen-bond donors (Lipinski definition) is 1. The molecule has 1 atom stereocenters. The Balaban J connectivity index is 1.49. The Labute approximate surface area is 190 Å². The van der Waals surface area contributed by atoms with E-state index in [4.69, 9.17) is 0 Å². The number of benzene rings is 4. The first-order chi connectivity index (χ1) is 16.1. The molecule has 0 unspecified atom stereocenters. The molecule has 0 amide bonds. The first kappa shape index (κ1) is 20.6. The van der Waals surface area contributed by atoms with Crippen LogP contribution in [0.4, 0.5) is 14.6 Å². The van der Waals surface area contributed by atoms with Gasteiger partial charge in [0, 0.05) is 22.6 Å². The van der Waals surface area contributed by atoms with Gasteiger partial charge in [-0.25, -0.2) is 18.7 Å². The first-order valence-electron chi connectivity index (χ1n) is 10.5. The summed E-state index contributed by atoms with van der Waals surface area (Å²) in [6.45, 7) is 2.10. The molecule has 4 aromatic carbocycles. The summed E-state index contributed by atoms with van der Waals surface area (Å²) in [6, 6.07) is 23.4. The van der Waals surface area contributed by atoms with Gasteiger partial charge in [0.25, 0.3) is 0 Å². The molecule has 0 fully saturated rings. The molecule has 0 aliphatic rings. The minimum absolute atomic E-state index is 0.000732. The Kier molecular flexibility index (Phi) is 5.42. The molecule has 1 aromatic heterocycles. The van der Waals surface area contributed by atoms with Crippen molar-refractivity contribution in [1.29, 1.82) is 0 Å². The molecule has 160 valence electrons. The highest BCUT2D eigenvalue weighted by Gasteiger charge is 2.12. The van der Waals surface area contributed by atoms with Crippen LogP contribution < -0.4 is 5.32 Å². The zero-order valence-electron chi connectivity index (χ0n) is 17.8. The van der Waals surface area contributed by atoms with E-state index >= 15 is 0 Å². The molecule has 5 aromatic rings. The van der Waals surface area contributed by atoms with Gasteiger partial charge in [-0.05, 0) is 53.6 Å². The Morgan fingerprint density at radius 1 is 0.758 bits per heavy atom. The van der Waals surface area contributed by atoms with Gasteiger partial charge in [-0.1, -0.05) is 54.3 Å². The summed E-state index contributed by atoms with van der Waals surface area (Å²) in [5.74, 6) is 5.19. The molecule has 5 rings (SSSR count). The fourth-order valence-corrected chi connectivity index (χ4v) is 3.93. The van der Waals surface area contributed by atoms with Crippen LogP contribution >= 0.6 is 0 Å². The van der Waals surface area contributed by atoms with E-state index < -0.39 is 11.6 Å². The lowest BCUT2D eigenvalue weighted by Gasteiger charge is -2.18. The van der Waals surface area contributed by atoms with Gasteiger partial charge < -0.3 is 5.32 Å². The van der Waals surface area contributed by atoms with Crippen LogP contribution in [0.25, 0.3) is 21.7 Å². The van der Waals surface area contributed by atoms with Gasteiger partial charge in [-0.3, -0.25) is 0 Å². The van der Waals surface area contributed by atoms with E-state index in [-0.39, 0.29) is 11.6 Å². The molecule has 0 spiro atoms. The molecule has 0 aliphatic carbocycles. The molecule has 0 aliphatic heterocycles. The monoisotopic (exact) mass is 435 g/mol. The predicted molar refractivity (Wildman–Crippen MR) is 128 cm³/mol. The van der Waals surface area contributed by atoms with Crippen LogP contribution in [0, 0.1) is 23.5 Å². The number of aromatic nitrogens is 2. The predicted octanol–water partition coefficient (Wildman–Crippen LogP) is 6.63. The van der Waals surface area contributed by atoms with Gasteiger partial charge in [0.15, 0.2) is 0 Å². The highest BCUT2D eigenvalue weighted by molar-refractivity contribution is 5.91. The third-order valence-electron chi connectivity index (χ3n) is 5.49. The van der Waals surface area contributed by atoms with Crippen molar-refractivity contribution in [3.8, 4) is 11.8 Å². The van der Waals surface area contributed by atoms with Crippen LogP contribution in [0.5, 0.6) is 0 Å². The lowest BCUT2D eigenvalue weighted by molar-refractivity contribution is 0.582. The summed E-state index contributed by atoms with van der Waals surface area (Å²) >= 11 is 0. The Bertz CT molecular complexity index is 1520. The van der Waals surface area contributed by atoms with E-state index in [1.165, 1.54) is 34.8 Å². The first-order valence-corrected chi connectivity index (χ1v) is 10.5. The number of hydrogen-bond acceptors (Lipinski definition) is 3. The number of nitrogens with zero attached hydrogens (tertiary/aromatic N) is 2. The number of halogens is 2. The van der Waals surface area contributed by atoms with Crippen molar-refractivity contribution in [2.24, 2.45) is 0 Å². The molecular formula is C28H19F2N3. The summed E-state index contributed by atoms with van der Waals surface area (Å²) in [5.41, 5.74) is 2.92. The molecule has 0 bridgehead atoms. The zero-order chi connectivity index (χ0) is 22.8. The minimum Gasteiger partial charge on any atom is -0.363 e. The normalized spacial score (nSPS) is 11.7. The second-order valence-corrected chi connectivity index (χ2v) is 7.80. The molecule has 3 nitrogen and oxygen atoms in total. The lowest BCUT2D eigenvalue weighted by Crippen LogP contribution is -2.09. The van der Waals surface area contributed by atoms with Crippen molar-refractivity contribution in [3.05, 3.63) is 114 Å². The Morgan fingerprint density at radius 3 is 2.36 bits per heavy atom. The maximum absolute atomic E-state index is 13.4. The summed E-state index contributed by atoms with van der Waals surface area (Å²) in [5, 5.41) is 6.70. The van der Waals surface area contributed by atoms with E-state index in [1.54, 1.807) is 0 Å². The molecule has 1 N–H and O–H groups in total. The van der Waals surface area contributed by atoms with Gasteiger partial charge in [-0.15, -0.1) is 0 Å². The average Bonchev–Trinajstić information content (AvgIpc) is 2.82. The van der Waals surface area contributed by atoms with Crippen LogP contribution in [0.3, 0.4) is 0 Å². The summed E-state index contributed by atoms with van der Waals surface area (Å²) in [4.78, 5) is 8.82. The van der Waals surface area contributed by atoms with Crippen molar-refractivity contribution >= 4 is 27.5 Å². The van der Waals surface area contributed by atoms with Gasteiger partial charge in [0.1, 0.15) is 23.8 Å². The van der Waals surface area contributed by atoms with E-state index in [2.05, 4.69) is 64.4 Å². The zero-order valence-corrected chi connectivity index (χ0v) is 17.8. The molecular weight excluding hydrogens is 416 g/mol. The third kappa shape index (κ3) is 4.37. The van der Waals surface area contributed by atoms with Crippen LogP contribution in [0.15, 0.2) is 85.2 Å². The fourth-order valence-electron chi connectivity index (χ4n) is 3.93. The highest BCUT2D eigenvalue weighted by Crippen LogP contribution is 2.29. The van der Waals surface area contributed by atoms with E-state index in [9.17, 15) is 8.78 Å². The van der Waals surface area contributed by atoms with Crippen molar-refractivity contribution in [1.82, 2.24) is 9.97 Å². The summed E-state index contributed by atoms with van der Waals surface area (Å²) < 4.78 is 26.9. The molecule has 5 heteroatoms. The van der Waals surface area contributed by atoms with Crippen molar-refractivity contribution < 1.29 is 8.78 Å². The Hall–Kier alpha value is -4.30. The van der Waals surface area contributed by atoms with Gasteiger partial charge >= 0.3 is 0 Å². The molecule has 0 saturated carbocycles. The third-order valence-corrected chi connectivity index (χ3v) is 5.49. The maximum Gasteiger partial charge on any atom is 0.137 e. The van der Waals surface area contributed by atoms with Crippen molar-refractivity contribution in [2.45, 2.75) is 13.0 Å². The van der Waals surface area contributed by atoms with Crippen LogP contribution in [0.2, 0.25) is 0 Å². The van der Waals surface area contributed by atoms with Crippen LogP contribution in [-0.4, -0.2) is 9.97 Å². The summed E-state index contributed by atoms with van der Waals surface area (Å²) in [6.07, 6.45) is 1.53. The molecule has 0 radical (unpaired) electrons. The van der Waals surface area contributed by atoms with Crippen LogP contribution in [-0.2, 0) is 0 Å². The van der Waals surface area contributed by atoms with Crippen molar-refractivity contribution in [2.75, 3.05) is 5.32 Å². The van der Waals surface area contributed by atoms with Gasteiger partial charge in [0.2, 0.25) is 0 Å². The second-order valence-electron chi connectivity index (χ2n) is 7.80. The maximum atomic E-state index is 13.4. The number of anilines is 1. The van der Waals surface area contributed by atoms with E-state index in [1.807, 2.05) is 30.3 Å². The number of rotatable bonds is 3. The quantitative estimate of drug-likeness (QED) is 0.323. The lowest BCUT2D eigenvalue weighted by atomic mass is 9.99. The number of fused-ring (bicyclic) bond motifs is 2. The fraction of sp³-hybridized carbons (Fsp3) is 0.0714. The minimum atomic E-state index is -0.653. The topological polar surface area (TPSA) is 37.8 Å². The number of nitrogens with one attached hydrogen (secondary N) is 1. The molecule has 33 heavy (non-hydrogen) atoms. The van der Waals surface area contributed by atoms with Crippen molar-refractivity contribution in [3.63, 3.8) is 0 Å². The van der Waals surface area contributed by atoms with Gasteiger partial charge in [-0.2, -0.15) is 0 Å². The molecule has 1 heterocycles. The van der Waals surface area contributed by atoms with E-state index in [0.717, 1.165) is 17.0 Å². The highest BCUT2D eigenvalue weighted by atomic mass is 19.1. The van der Waals surface area contributed by atoms with E-state index in [0.29, 0.717) is 11.4 Å². The van der Waals surface area contributed by atoms with Gasteiger partial charge in [0.05, 0.1) is 11.6 Å². The second kappa shape index (κ2) is 8.68. The largest absolute Gasteiger partial charge is 0.363 e.